The number of rotatable bonds is 9. The number of hydrogen-bond donors (Lipinski definition) is 2. The SMILES string of the molecule is CCCCC(CC)CC(NN)C1SCCSC1CC. The number of nitrogens with one attached hydrogen (secondary N) is 1. The quantitative estimate of drug-likeness (QED) is 0.498. The molecule has 1 fully saturated rings. The fraction of sp³-hybridized carbons (Fsp3) is 1.00. The van der Waals surface area contributed by atoms with Crippen LogP contribution in [0.1, 0.15) is 59.3 Å². The Kier molecular flexibility index (Phi) is 9.64. The predicted molar refractivity (Wildman–Crippen MR) is 91.8 cm³/mol. The number of thioether (sulfide) groups is 2. The van der Waals surface area contributed by atoms with Gasteiger partial charge in [0.05, 0.1) is 0 Å². The van der Waals surface area contributed by atoms with E-state index < -0.39 is 0 Å². The summed E-state index contributed by atoms with van der Waals surface area (Å²) in [6, 6.07) is 0.490. The molecule has 0 saturated carbocycles. The van der Waals surface area contributed by atoms with Crippen molar-refractivity contribution in [2.45, 2.75) is 75.8 Å². The van der Waals surface area contributed by atoms with Gasteiger partial charge in [0.2, 0.25) is 0 Å². The zero-order chi connectivity index (χ0) is 14.1. The molecule has 0 aromatic heterocycles. The molecule has 0 aromatic carbocycles. The zero-order valence-corrected chi connectivity index (χ0v) is 14.5. The molecule has 3 N–H and O–H groups in total. The molecule has 4 heteroatoms. The van der Waals surface area contributed by atoms with Gasteiger partial charge in [0.1, 0.15) is 0 Å². The maximum Gasteiger partial charge on any atom is 0.0342 e. The van der Waals surface area contributed by atoms with Gasteiger partial charge < -0.3 is 0 Å². The van der Waals surface area contributed by atoms with Crippen molar-refractivity contribution in [2.24, 2.45) is 11.8 Å². The van der Waals surface area contributed by atoms with Crippen LogP contribution in [0.2, 0.25) is 0 Å². The summed E-state index contributed by atoms with van der Waals surface area (Å²) in [6.45, 7) is 6.93. The summed E-state index contributed by atoms with van der Waals surface area (Å²) in [5.74, 6) is 9.32. The minimum atomic E-state index is 0.490. The lowest BCUT2D eigenvalue weighted by atomic mass is 9.90. The molecule has 0 aromatic rings. The highest BCUT2D eigenvalue weighted by molar-refractivity contribution is 8.07. The monoisotopic (exact) mass is 304 g/mol. The first-order valence-corrected chi connectivity index (χ1v) is 10.1. The van der Waals surface area contributed by atoms with Crippen molar-refractivity contribution in [3.63, 3.8) is 0 Å². The normalized spacial score (nSPS) is 27.2. The van der Waals surface area contributed by atoms with Crippen LogP contribution < -0.4 is 11.3 Å². The van der Waals surface area contributed by atoms with Crippen molar-refractivity contribution in [1.82, 2.24) is 5.43 Å². The largest absolute Gasteiger partial charge is 0.271 e. The van der Waals surface area contributed by atoms with Gasteiger partial charge in [0.25, 0.3) is 0 Å². The summed E-state index contributed by atoms with van der Waals surface area (Å²) in [7, 11) is 0. The Morgan fingerprint density at radius 1 is 1.21 bits per heavy atom. The van der Waals surface area contributed by atoms with E-state index in [1.54, 1.807) is 0 Å². The topological polar surface area (TPSA) is 38.0 Å². The molecule has 0 aliphatic carbocycles. The molecule has 4 atom stereocenters. The highest BCUT2D eigenvalue weighted by Crippen LogP contribution is 2.37. The Morgan fingerprint density at radius 2 is 1.95 bits per heavy atom. The molecule has 0 amide bonds. The molecular weight excluding hydrogens is 272 g/mol. The molecule has 1 heterocycles. The first-order valence-electron chi connectivity index (χ1n) is 7.96. The molecule has 0 radical (unpaired) electrons. The van der Waals surface area contributed by atoms with E-state index in [4.69, 9.17) is 5.84 Å². The zero-order valence-electron chi connectivity index (χ0n) is 12.9. The molecule has 2 nitrogen and oxygen atoms in total. The van der Waals surface area contributed by atoms with Crippen LogP contribution in [0.4, 0.5) is 0 Å². The van der Waals surface area contributed by atoms with Crippen LogP contribution in [0.15, 0.2) is 0 Å². The average Bonchev–Trinajstić information content (AvgIpc) is 2.47. The fourth-order valence-corrected chi connectivity index (χ4v) is 6.21. The van der Waals surface area contributed by atoms with Crippen molar-refractivity contribution in [3.05, 3.63) is 0 Å². The number of hydrazine groups is 1. The lowest BCUT2D eigenvalue weighted by Crippen LogP contribution is -2.49. The third kappa shape index (κ3) is 5.86. The Morgan fingerprint density at radius 3 is 2.53 bits per heavy atom. The predicted octanol–water partition coefficient (Wildman–Crippen LogP) is 4.05. The van der Waals surface area contributed by atoms with E-state index in [1.165, 1.54) is 50.0 Å². The van der Waals surface area contributed by atoms with Gasteiger partial charge in [-0.25, -0.2) is 0 Å². The number of hydrogen-bond acceptors (Lipinski definition) is 4. The second-order valence-corrected chi connectivity index (χ2v) is 8.21. The minimum Gasteiger partial charge on any atom is -0.271 e. The van der Waals surface area contributed by atoms with E-state index in [-0.39, 0.29) is 0 Å². The smallest absolute Gasteiger partial charge is 0.0342 e. The maximum absolute atomic E-state index is 5.88. The minimum absolute atomic E-state index is 0.490. The van der Waals surface area contributed by atoms with Crippen LogP contribution in [0, 0.1) is 5.92 Å². The molecule has 1 aliphatic rings. The third-order valence-electron chi connectivity index (χ3n) is 4.24. The maximum atomic E-state index is 5.88. The van der Waals surface area contributed by atoms with Gasteiger partial charge in [0, 0.05) is 28.0 Å². The van der Waals surface area contributed by atoms with Gasteiger partial charge in [-0.2, -0.15) is 23.5 Å². The van der Waals surface area contributed by atoms with E-state index in [1.807, 2.05) is 0 Å². The number of unbranched alkanes of at least 4 members (excludes halogenated alkanes) is 1. The van der Waals surface area contributed by atoms with Crippen LogP contribution >= 0.6 is 23.5 Å². The van der Waals surface area contributed by atoms with Gasteiger partial charge in [-0.05, 0) is 18.8 Å². The standard InChI is InChI=1S/C15H32N2S2/c1-4-7-8-12(5-2)11-13(17-16)15-14(6-3)18-9-10-19-15/h12-15,17H,4-11,16H2,1-3H3. The molecule has 0 bridgehead atoms. The highest BCUT2D eigenvalue weighted by atomic mass is 32.2. The molecule has 0 spiro atoms. The van der Waals surface area contributed by atoms with Crippen LogP contribution in [-0.4, -0.2) is 28.0 Å². The van der Waals surface area contributed by atoms with Gasteiger partial charge in [0.15, 0.2) is 0 Å². The first-order chi connectivity index (χ1) is 9.26. The van der Waals surface area contributed by atoms with Gasteiger partial charge in [-0.3, -0.25) is 11.3 Å². The molecule has 1 saturated heterocycles. The molecule has 19 heavy (non-hydrogen) atoms. The molecule has 1 rings (SSSR count). The number of nitrogens with two attached hydrogens (primary N) is 1. The Labute approximate surface area is 128 Å². The van der Waals surface area contributed by atoms with Crippen molar-refractivity contribution in [3.8, 4) is 0 Å². The molecule has 1 aliphatic heterocycles. The van der Waals surface area contributed by atoms with Crippen LogP contribution in [0.25, 0.3) is 0 Å². The van der Waals surface area contributed by atoms with Crippen LogP contribution in [-0.2, 0) is 0 Å². The van der Waals surface area contributed by atoms with E-state index in [0.29, 0.717) is 11.3 Å². The second-order valence-electron chi connectivity index (χ2n) is 5.58. The van der Waals surface area contributed by atoms with Crippen molar-refractivity contribution >= 4 is 23.5 Å². The summed E-state index contributed by atoms with van der Waals surface area (Å²) in [6.07, 6.45) is 7.85. The summed E-state index contributed by atoms with van der Waals surface area (Å²) in [4.78, 5) is 0. The van der Waals surface area contributed by atoms with Gasteiger partial charge >= 0.3 is 0 Å². The Balaban J connectivity index is 2.54. The highest BCUT2D eigenvalue weighted by Gasteiger charge is 2.32. The van der Waals surface area contributed by atoms with Gasteiger partial charge in [-0.1, -0.05) is 46.5 Å². The van der Waals surface area contributed by atoms with Crippen LogP contribution in [0.3, 0.4) is 0 Å². The van der Waals surface area contributed by atoms with E-state index in [9.17, 15) is 0 Å². The van der Waals surface area contributed by atoms with Crippen molar-refractivity contribution in [1.29, 1.82) is 0 Å². The summed E-state index contributed by atoms with van der Waals surface area (Å²) >= 11 is 4.29. The Hall–Kier alpha value is 0.620. The van der Waals surface area contributed by atoms with E-state index >= 15 is 0 Å². The first kappa shape index (κ1) is 17.7. The lowest BCUT2D eigenvalue weighted by Gasteiger charge is -2.37. The summed E-state index contributed by atoms with van der Waals surface area (Å²) in [5, 5.41) is 1.48. The average molecular weight is 305 g/mol. The van der Waals surface area contributed by atoms with Crippen molar-refractivity contribution < 1.29 is 0 Å². The fourth-order valence-electron chi connectivity index (χ4n) is 2.95. The molecular formula is C15H32N2S2. The Bertz CT molecular complexity index is 226. The van der Waals surface area contributed by atoms with Crippen molar-refractivity contribution in [2.75, 3.05) is 11.5 Å². The molecule has 4 unspecified atom stereocenters. The van der Waals surface area contributed by atoms with Gasteiger partial charge in [-0.15, -0.1) is 0 Å². The third-order valence-corrected chi connectivity index (χ3v) is 7.64. The summed E-state index contributed by atoms with van der Waals surface area (Å²) < 4.78 is 0. The lowest BCUT2D eigenvalue weighted by molar-refractivity contribution is 0.342. The van der Waals surface area contributed by atoms with Crippen LogP contribution in [0.5, 0.6) is 0 Å². The summed E-state index contributed by atoms with van der Waals surface area (Å²) in [5.41, 5.74) is 3.14. The molecule has 114 valence electrons. The van der Waals surface area contributed by atoms with E-state index in [2.05, 4.69) is 49.7 Å². The van der Waals surface area contributed by atoms with E-state index in [0.717, 1.165) is 11.2 Å². The second kappa shape index (κ2) is 10.4.